The zero-order valence-corrected chi connectivity index (χ0v) is 20.8. The van der Waals surface area contributed by atoms with Gasteiger partial charge in [-0.05, 0) is 53.8 Å². The average molecular weight is 517 g/mol. The van der Waals surface area contributed by atoms with Gasteiger partial charge in [0.15, 0.2) is 5.78 Å². The van der Waals surface area contributed by atoms with Crippen molar-refractivity contribution < 1.29 is 13.2 Å². The molecule has 1 atom stereocenters. The molecule has 1 unspecified atom stereocenters. The first kappa shape index (κ1) is 24.3. The fraction of sp³-hybridized carbons (Fsp3) is 0.250. The lowest BCUT2D eigenvalue weighted by molar-refractivity contribution is -0.118. The number of carbonyl (C=O) groups excluding carboxylic acids is 1. The van der Waals surface area contributed by atoms with Gasteiger partial charge in [-0.25, -0.2) is 13.6 Å². The number of nitrogens with zero attached hydrogens (tertiary/aromatic N) is 2. The average Bonchev–Trinajstić information content (AvgIpc) is 2.72. The van der Waals surface area contributed by atoms with E-state index >= 15 is 0 Å². The number of hydrogen-bond donors (Lipinski definition) is 2. The summed E-state index contributed by atoms with van der Waals surface area (Å²) in [6, 6.07) is 12.9. The molecule has 4 rings (SSSR count). The third-order valence-electron chi connectivity index (χ3n) is 6.08. The molecule has 2 aromatic carbocycles. The molecule has 0 amide bonds. The molecule has 0 radical (unpaired) electrons. The topological polar surface area (TPSA) is 130 Å². The fourth-order valence-corrected chi connectivity index (χ4v) is 5.67. The highest BCUT2D eigenvalue weighted by Crippen LogP contribution is 2.51. The molecule has 7 nitrogen and oxygen atoms in total. The van der Waals surface area contributed by atoms with Crippen molar-refractivity contribution in [1.82, 2.24) is 0 Å². The summed E-state index contributed by atoms with van der Waals surface area (Å²) in [6.07, 6.45) is 0.802. The lowest BCUT2D eigenvalue weighted by Gasteiger charge is -2.44. The van der Waals surface area contributed by atoms with Crippen molar-refractivity contribution in [2.75, 3.05) is 4.90 Å². The van der Waals surface area contributed by atoms with E-state index < -0.39 is 15.9 Å². The number of nitrogens with two attached hydrogens (primary N) is 2. The van der Waals surface area contributed by atoms with Crippen LogP contribution in [0.3, 0.4) is 0 Å². The Morgan fingerprint density at radius 1 is 1.12 bits per heavy atom. The predicted octanol–water partition coefficient (Wildman–Crippen LogP) is 4.58. The van der Waals surface area contributed by atoms with Gasteiger partial charge in [0, 0.05) is 33.4 Å². The van der Waals surface area contributed by atoms with Gasteiger partial charge >= 0.3 is 0 Å². The predicted molar refractivity (Wildman–Crippen MR) is 131 cm³/mol. The quantitative estimate of drug-likeness (QED) is 0.613. The van der Waals surface area contributed by atoms with Gasteiger partial charge in [0.05, 0.1) is 22.5 Å². The Bertz CT molecular complexity index is 1420. The normalized spacial score (nSPS) is 20.3. The van der Waals surface area contributed by atoms with Crippen LogP contribution in [0.5, 0.6) is 0 Å². The van der Waals surface area contributed by atoms with Gasteiger partial charge < -0.3 is 5.73 Å². The molecule has 176 valence electrons. The second-order valence-electron chi connectivity index (χ2n) is 9.19. The molecule has 2 aromatic rings. The second kappa shape index (κ2) is 8.43. The molecule has 0 aromatic heterocycles. The number of carbonyl (C=O) groups is 1. The van der Waals surface area contributed by atoms with Crippen molar-refractivity contribution in [3.05, 3.63) is 80.7 Å². The maximum Gasteiger partial charge on any atom is 0.238 e. The highest BCUT2D eigenvalue weighted by molar-refractivity contribution is 7.89. The number of allylic oxidation sites excluding steroid dienone is 3. The van der Waals surface area contributed by atoms with E-state index in [0.717, 1.165) is 0 Å². The Labute approximate surface area is 208 Å². The van der Waals surface area contributed by atoms with Crippen LogP contribution in [0.2, 0.25) is 10.0 Å². The Morgan fingerprint density at radius 3 is 2.32 bits per heavy atom. The maximum atomic E-state index is 13.5. The van der Waals surface area contributed by atoms with Crippen LogP contribution in [0.25, 0.3) is 0 Å². The minimum atomic E-state index is -3.89. The van der Waals surface area contributed by atoms with E-state index in [2.05, 4.69) is 6.07 Å². The number of rotatable bonds is 3. The van der Waals surface area contributed by atoms with Gasteiger partial charge in [0.1, 0.15) is 5.82 Å². The first-order valence-corrected chi connectivity index (χ1v) is 12.7. The second-order valence-corrected chi connectivity index (χ2v) is 11.6. The number of nitriles is 1. The highest BCUT2D eigenvalue weighted by atomic mass is 35.5. The fourth-order valence-electron chi connectivity index (χ4n) is 4.64. The molecule has 34 heavy (non-hydrogen) atoms. The zero-order valence-electron chi connectivity index (χ0n) is 18.5. The summed E-state index contributed by atoms with van der Waals surface area (Å²) in [7, 11) is -3.89. The SMILES string of the molecule is CC1(C)CC(=O)C2=C(C1)N(c1ccc(S(N)(=O)=O)cc1)C(N)=C(C#N)C2c1ccc(Cl)cc1Cl. The standard InChI is InChI=1S/C24H22Cl2N4O3S/c1-24(2)10-19-22(20(31)11-24)21(16-8-3-13(25)9-18(16)26)17(12-27)23(28)30(19)14-4-6-15(7-5-14)34(29,32)33/h3-9,21H,10-11,28H2,1-2H3,(H2,29,32,33). The summed E-state index contributed by atoms with van der Waals surface area (Å²) in [5, 5.41) is 16.1. The van der Waals surface area contributed by atoms with E-state index in [4.69, 9.17) is 34.1 Å². The van der Waals surface area contributed by atoms with Crippen LogP contribution in [0, 0.1) is 16.7 Å². The third-order valence-corrected chi connectivity index (χ3v) is 7.57. The smallest absolute Gasteiger partial charge is 0.238 e. The van der Waals surface area contributed by atoms with Crippen LogP contribution in [0.15, 0.2) is 70.0 Å². The van der Waals surface area contributed by atoms with Crippen molar-refractivity contribution in [3.8, 4) is 6.07 Å². The number of primary sulfonamides is 1. The van der Waals surface area contributed by atoms with Gasteiger partial charge in [-0.1, -0.05) is 43.1 Å². The van der Waals surface area contributed by atoms with Gasteiger partial charge in [0.2, 0.25) is 10.0 Å². The van der Waals surface area contributed by atoms with Crippen molar-refractivity contribution in [2.45, 2.75) is 37.5 Å². The lowest BCUT2D eigenvalue weighted by Crippen LogP contribution is -2.42. The number of anilines is 1. The zero-order chi connectivity index (χ0) is 25.0. The molecule has 0 saturated carbocycles. The molecular weight excluding hydrogens is 495 g/mol. The molecule has 1 aliphatic carbocycles. The third kappa shape index (κ3) is 4.21. The number of benzene rings is 2. The van der Waals surface area contributed by atoms with Crippen LogP contribution >= 0.6 is 23.2 Å². The molecule has 2 aliphatic rings. The van der Waals surface area contributed by atoms with Crippen molar-refractivity contribution in [3.63, 3.8) is 0 Å². The van der Waals surface area contributed by atoms with E-state index in [1.165, 1.54) is 12.1 Å². The molecule has 4 N–H and O–H groups in total. The van der Waals surface area contributed by atoms with Gasteiger partial charge in [-0.2, -0.15) is 5.26 Å². The minimum absolute atomic E-state index is 0.0589. The molecular formula is C24H22Cl2N4O3S. The maximum absolute atomic E-state index is 13.5. The van der Waals surface area contributed by atoms with Crippen LogP contribution in [0.1, 0.15) is 38.2 Å². The monoisotopic (exact) mass is 516 g/mol. The van der Waals surface area contributed by atoms with E-state index in [0.29, 0.717) is 45.4 Å². The van der Waals surface area contributed by atoms with E-state index in [1.54, 1.807) is 35.2 Å². The summed E-state index contributed by atoms with van der Waals surface area (Å²) in [4.78, 5) is 15.1. The largest absolute Gasteiger partial charge is 0.384 e. The number of sulfonamides is 1. The summed E-state index contributed by atoms with van der Waals surface area (Å²) in [5.41, 5.74) is 8.56. The Balaban J connectivity index is 1.99. The van der Waals surface area contributed by atoms with E-state index in [9.17, 15) is 18.5 Å². The van der Waals surface area contributed by atoms with E-state index in [1.807, 2.05) is 13.8 Å². The van der Waals surface area contributed by atoms with Gasteiger partial charge in [0.25, 0.3) is 0 Å². The van der Waals surface area contributed by atoms with Crippen molar-refractivity contribution >= 4 is 44.7 Å². The van der Waals surface area contributed by atoms with E-state index in [-0.39, 0.29) is 27.5 Å². The molecule has 10 heteroatoms. The first-order valence-electron chi connectivity index (χ1n) is 10.4. The van der Waals surface area contributed by atoms with Crippen LogP contribution < -0.4 is 15.8 Å². The van der Waals surface area contributed by atoms with Crippen molar-refractivity contribution in [2.24, 2.45) is 16.3 Å². The van der Waals surface area contributed by atoms with Gasteiger partial charge in [-0.15, -0.1) is 0 Å². The molecule has 0 bridgehead atoms. The van der Waals surface area contributed by atoms with Crippen LogP contribution in [-0.4, -0.2) is 14.2 Å². The van der Waals surface area contributed by atoms with Crippen LogP contribution in [0.4, 0.5) is 5.69 Å². The Kier molecular flexibility index (Phi) is 6.03. The number of Topliss-reactive ketones (excluding diaryl/α,β-unsaturated/α-hetero) is 1. The summed E-state index contributed by atoms with van der Waals surface area (Å²) in [5.74, 6) is -0.701. The summed E-state index contributed by atoms with van der Waals surface area (Å²) in [6.45, 7) is 3.97. The Hall–Kier alpha value is -2.83. The number of hydrogen-bond acceptors (Lipinski definition) is 6. The number of halogens is 2. The number of ketones is 1. The van der Waals surface area contributed by atoms with Crippen molar-refractivity contribution in [1.29, 1.82) is 5.26 Å². The molecule has 0 saturated heterocycles. The lowest BCUT2D eigenvalue weighted by atomic mass is 9.68. The summed E-state index contributed by atoms with van der Waals surface area (Å²) >= 11 is 12.6. The molecule has 0 spiro atoms. The van der Waals surface area contributed by atoms with Gasteiger partial charge in [-0.3, -0.25) is 9.69 Å². The summed E-state index contributed by atoms with van der Waals surface area (Å²) < 4.78 is 23.4. The van der Waals surface area contributed by atoms with Crippen LogP contribution in [-0.2, 0) is 14.8 Å². The Morgan fingerprint density at radius 2 is 1.76 bits per heavy atom. The molecule has 1 aliphatic heterocycles. The minimum Gasteiger partial charge on any atom is -0.384 e. The highest BCUT2D eigenvalue weighted by Gasteiger charge is 2.45. The first-order chi connectivity index (χ1) is 15.8. The molecule has 1 heterocycles. The molecule has 0 fully saturated rings.